The number of furan rings is 1. The lowest BCUT2D eigenvalue weighted by atomic mass is 10.1. The highest BCUT2D eigenvalue weighted by Crippen LogP contribution is 2.36. The van der Waals surface area contributed by atoms with E-state index in [0.29, 0.717) is 12.6 Å². The number of hydrogen-bond donors (Lipinski definition) is 2. The number of H-pyrrole nitrogens is 1. The number of aromatic nitrogens is 1. The first-order valence-electron chi connectivity index (χ1n) is 9.00. The van der Waals surface area contributed by atoms with E-state index in [9.17, 15) is 9.59 Å². The van der Waals surface area contributed by atoms with Crippen LogP contribution in [0.25, 0.3) is 0 Å². The molecule has 7 heteroatoms. The van der Waals surface area contributed by atoms with E-state index in [-0.39, 0.29) is 11.5 Å². The number of amides is 1. The van der Waals surface area contributed by atoms with Gasteiger partial charge >= 0.3 is 0 Å². The number of pyridine rings is 1. The van der Waals surface area contributed by atoms with Gasteiger partial charge in [-0.3, -0.25) is 14.5 Å². The molecule has 140 valence electrons. The van der Waals surface area contributed by atoms with Crippen LogP contribution in [0.1, 0.15) is 44.6 Å². The van der Waals surface area contributed by atoms with Gasteiger partial charge in [0.1, 0.15) is 0 Å². The minimum atomic E-state index is -0.0732. The summed E-state index contributed by atoms with van der Waals surface area (Å²) in [5, 5.41) is 2.92. The van der Waals surface area contributed by atoms with Crippen molar-refractivity contribution in [2.75, 3.05) is 6.54 Å². The second-order valence-electron chi connectivity index (χ2n) is 6.71. The normalized spacial score (nSPS) is 17.3. The van der Waals surface area contributed by atoms with Crippen LogP contribution in [-0.4, -0.2) is 22.3 Å². The van der Waals surface area contributed by atoms with Gasteiger partial charge in [0.2, 0.25) is 5.56 Å². The SMILES string of the molecule is O=C(NCc1ccoc1)c1ccc(C2CCCN2Cc2cc[nH]c(=O)c2)s1. The Bertz CT molecular complexity index is 961. The Labute approximate surface area is 160 Å². The first kappa shape index (κ1) is 17.8. The molecule has 1 aliphatic rings. The van der Waals surface area contributed by atoms with Crippen molar-refractivity contribution < 1.29 is 9.21 Å². The van der Waals surface area contributed by atoms with Crippen molar-refractivity contribution in [1.29, 1.82) is 0 Å². The molecule has 1 aliphatic heterocycles. The van der Waals surface area contributed by atoms with Gasteiger partial charge in [-0.15, -0.1) is 11.3 Å². The largest absolute Gasteiger partial charge is 0.472 e. The summed E-state index contributed by atoms with van der Waals surface area (Å²) in [6.07, 6.45) is 7.11. The van der Waals surface area contributed by atoms with Crippen molar-refractivity contribution in [3.8, 4) is 0 Å². The number of thiophene rings is 1. The van der Waals surface area contributed by atoms with Crippen molar-refractivity contribution in [3.05, 3.63) is 80.3 Å². The molecule has 1 fully saturated rings. The van der Waals surface area contributed by atoms with Gasteiger partial charge in [0.05, 0.1) is 17.4 Å². The average molecular weight is 383 g/mol. The molecular weight excluding hydrogens is 362 g/mol. The lowest BCUT2D eigenvalue weighted by Gasteiger charge is -2.23. The number of nitrogens with one attached hydrogen (secondary N) is 2. The molecule has 1 unspecified atom stereocenters. The first-order chi connectivity index (χ1) is 13.2. The Morgan fingerprint density at radius 1 is 1.30 bits per heavy atom. The van der Waals surface area contributed by atoms with Crippen LogP contribution in [0.15, 0.2) is 58.3 Å². The molecule has 0 saturated carbocycles. The molecular formula is C20H21N3O3S. The quantitative estimate of drug-likeness (QED) is 0.685. The fraction of sp³-hybridized carbons (Fsp3) is 0.300. The van der Waals surface area contributed by atoms with Crippen LogP contribution in [0.2, 0.25) is 0 Å². The van der Waals surface area contributed by atoms with Gasteiger partial charge in [-0.1, -0.05) is 0 Å². The Hall–Kier alpha value is -2.64. The van der Waals surface area contributed by atoms with Crippen LogP contribution in [0.3, 0.4) is 0 Å². The number of aromatic amines is 1. The van der Waals surface area contributed by atoms with Crippen molar-refractivity contribution >= 4 is 17.2 Å². The van der Waals surface area contributed by atoms with Gasteiger partial charge < -0.3 is 14.7 Å². The predicted molar refractivity (Wildman–Crippen MR) is 104 cm³/mol. The fourth-order valence-corrected chi connectivity index (χ4v) is 4.57. The lowest BCUT2D eigenvalue weighted by Crippen LogP contribution is -2.23. The number of nitrogens with zero attached hydrogens (tertiary/aromatic N) is 1. The molecule has 1 amide bonds. The van der Waals surface area contributed by atoms with Gasteiger partial charge in [0, 0.05) is 41.8 Å². The molecule has 3 aromatic rings. The van der Waals surface area contributed by atoms with E-state index in [4.69, 9.17) is 4.42 Å². The lowest BCUT2D eigenvalue weighted by molar-refractivity contribution is 0.0955. The molecule has 0 spiro atoms. The first-order valence-corrected chi connectivity index (χ1v) is 9.81. The second kappa shape index (κ2) is 7.94. The van der Waals surface area contributed by atoms with E-state index in [2.05, 4.69) is 21.3 Å². The van der Waals surface area contributed by atoms with Gasteiger partial charge in [0.25, 0.3) is 5.91 Å². The third-order valence-corrected chi connectivity index (χ3v) is 5.99. The summed E-state index contributed by atoms with van der Waals surface area (Å²) in [6.45, 7) is 2.20. The van der Waals surface area contributed by atoms with Gasteiger partial charge in [-0.2, -0.15) is 0 Å². The molecule has 3 aromatic heterocycles. The second-order valence-corrected chi connectivity index (χ2v) is 7.82. The Kier molecular flexibility index (Phi) is 5.22. The van der Waals surface area contributed by atoms with E-state index in [0.717, 1.165) is 41.9 Å². The zero-order valence-electron chi connectivity index (χ0n) is 14.8. The maximum Gasteiger partial charge on any atom is 0.261 e. The number of carbonyl (C=O) groups excluding carboxylic acids is 1. The topological polar surface area (TPSA) is 78.3 Å². The van der Waals surface area contributed by atoms with E-state index in [1.165, 1.54) is 4.88 Å². The molecule has 1 saturated heterocycles. The van der Waals surface area contributed by atoms with Crippen molar-refractivity contribution in [1.82, 2.24) is 15.2 Å². The zero-order chi connectivity index (χ0) is 18.6. The average Bonchev–Trinajstić information content (AvgIpc) is 3.41. The Morgan fingerprint density at radius 3 is 3.04 bits per heavy atom. The zero-order valence-corrected chi connectivity index (χ0v) is 15.6. The molecule has 27 heavy (non-hydrogen) atoms. The van der Waals surface area contributed by atoms with Crippen LogP contribution in [0.5, 0.6) is 0 Å². The minimum Gasteiger partial charge on any atom is -0.472 e. The van der Waals surface area contributed by atoms with Crippen LogP contribution in [0.4, 0.5) is 0 Å². The molecule has 4 heterocycles. The van der Waals surface area contributed by atoms with Crippen LogP contribution in [-0.2, 0) is 13.1 Å². The monoisotopic (exact) mass is 383 g/mol. The minimum absolute atomic E-state index is 0.0633. The summed E-state index contributed by atoms with van der Waals surface area (Å²) in [6, 6.07) is 9.68. The summed E-state index contributed by atoms with van der Waals surface area (Å²) in [5.41, 5.74) is 1.89. The van der Waals surface area contributed by atoms with E-state index in [1.807, 2.05) is 18.2 Å². The molecule has 4 rings (SSSR count). The maximum absolute atomic E-state index is 12.4. The van der Waals surface area contributed by atoms with Crippen LogP contribution >= 0.6 is 11.3 Å². The van der Waals surface area contributed by atoms with E-state index in [1.54, 1.807) is 36.1 Å². The molecule has 1 atom stereocenters. The van der Waals surface area contributed by atoms with Crippen LogP contribution in [0, 0.1) is 0 Å². The standard InChI is InChI=1S/C20H21N3O3S/c24-19-10-14(5-7-21-19)12-23-8-1-2-16(23)17-3-4-18(27-17)20(25)22-11-15-6-9-26-13-15/h3-7,9-10,13,16H,1-2,8,11-12H2,(H,21,24)(H,22,25). The summed E-state index contributed by atoms with van der Waals surface area (Å²) >= 11 is 1.55. The number of likely N-dealkylation sites (tertiary alicyclic amines) is 1. The number of rotatable bonds is 6. The third-order valence-electron chi connectivity index (χ3n) is 4.80. The van der Waals surface area contributed by atoms with Gasteiger partial charge in [0.15, 0.2) is 0 Å². The van der Waals surface area contributed by atoms with E-state index >= 15 is 0 Å². The number of hydrogen-bond acceptors (Lipinski definition) is 5. The smallest absolute Gasteiger partial charge is 0.261 e. The Morgan fingerprint density at radius 2 is 2.22 bits per heavy atom. The Balaban J connectivity index is 1.42. The molecule has 6 nitrogen and oxygen atoms in total. The summed E-state index contributed by atoms with van der Waals surface area (Å²) < 4.78 is 5.02. The van der Waals surface area contributed by atoms with Crippen LogP contribution < -0.4 is 10.9 Å². The highest BCUT2D eigenvalue weighted by molar-refractivity contribution is 7.14. The summed E-state index contributed by atoms with van der Waals surface area (Å²) in [7, 11) is 0. The van der Waals surface area contributed by atoms with Crippen molar-refractivity contribution in [2.45, 2.75) is 32.0 Å². The molecule has 0 aromatic carbocycles. The molecule has 2 N–H and O–H groups in total. The predicted octanol–water partition coefficient (Wildman–Crippen LogP) is 3.30. The maximum atomic E-state index is 12.4. The molecule has 0 aliphatic carbocycles. The number of carbonyl (C=O) groups is 1. The highest BCUT2D eigenvalue weighted by atomic mass is 32.1. The van der Waals surface area contributed by atoms with Crippen molar-refractivity contribution in [3.63, 3.8) is 0 Å². The molecule has 0 radical (unpaired) electrons. The van der Waals surface area contributed by atoms with Gasteiger partial charge in [-0.25, -0.2) is 0 Å². The van der Waals surface area contributed by atoms with Gasteiger partial charge in [-0.05, 0) is 49.2 Å². The van der Waals surface area contributed by atoms with Crippen molar-refractivity contribution in [2.24, 2.45) is 0 Å². The summed E-state index contributed by atoms with van der Waals surface area (Å²) in [4.78, 5) is 30.9. The summed E-state index contributed by atoms with van der Waals surface area (Å²) in [5.74, 6) is -0.0633. The highest BCUT2D eigenvalue weighted by Gasteiger charge is 2.27. The third kappa shape index (κ3) is 4.20. The van der Waals surface area contributed by atoms with E-state index < -0.39 is 0 Å². The molecule has 0 bridgehead atoms. The fourth-order valence-electron chi connectivity index (χ4n) is 3.48.